The zero-order chi connectivity index (χ0) is 9.26. The van der Waals surface area contributed by atoms with Crippen LogP contribution < -0.4 is 11.1 Å². The van der Waals surface area contributed by atoms with E-state index in [9.17, 15) is 4.39 Å². The summed E-state index contributed by atoms with van der Waals surface area (Å²) in [6.07, 6.45) is 2.41. The van der Waals surface area contributed by atoms with Crippen LogP contribution >= 0.6 is 0 Å². The lowest BCUT2D eigenvalue weighted by atomic mass is 10.1. The first-order chi connectivity index (χ1) is 6.27. The van der Waals surface area contributed by atoms with Gasteiger partial charge in [-0.15, -0.1) is 0 Å². The van der Waals surface area contributed by atoms with Gasteiger partial charge in [0.05, 0.1) is 0 Å². The van der Waals surface area contributed by atoms with Gasteiger partial charge in [-0.3, -0.25) is 0 Å². The van der Waals surface area contributed by atoms with Crippen molar-refractivity contribution < 1.29 is 4.39 Å². The molecule has 0 aromatic heterocycles. The second-order valence-electron chi connectivity index (χ2n) is 3.46. The molecule has 70 valence electrons. The summed E-state index contributed by atoms with van der Waals surface area (Å²) in [5.41, 5.74) is 6.78. The summed E-state index contributed by atoms with van der Waals surface area (Å²) in [7, 11) is 0. The lowest BCUT2D eigenvalue weighted by molar-refractivity contribution is 0.588. The van der Waals surface area contributed by atoms with Gasteiger partial charge >= 0.3 is 0 Å². The SMILES string of the molecule is Nc1cccc(F)c1CNC1CC1. The molecule has 1 aliphatic carbocycles. The van der Waals surface area contributed by atoms with Crippen molar-refractivity contribution in [3.63, 3.8) is 0 Å². The second kappa shape index (κ2) is 3.34. The Labute approximate surface area is 76.9 Å². The van der Waals surface area contributed by atoms with Crippen molar-refractivity contribution in [1.82, 2.24) is 5.32 Å². The average Bonchev–Trinajstić information content (AvgIpc) is 2.87. The van der Waals surface area contributed by atoms with Gasteiger partial charge in [0, 0.05) is 23.8 Å². The van der Waals surface area contributed by atoms with Gasteiger partial charge in [0.25, 0.3) is 0 Å². The Morgan fingerprint density at radius 3 is 2.85 bits per heavy atom. The number of nitrogen functional groups attached to an aromatic ring is 1. The largest absolute Gasteiger partial charge is 0.398 e. The van der Waals surface area contributed by atoms with Gasteiger partial charge in [0.2, 0.25) is 0 Å². The molecule has 1 saturated carbocycles. The topological polar surface area (TPSA) is 38.0 Å². The van der Waals surface area contributed by atoms with Gasteiger partial charge in [-0.1, -0.05) is 6.07 Å². The van der Waals surface area contributed by atoms with Crippen molar-refractivity contribution in [1.29, 1.82) is 0 Å². The van der Waals surface area contributed by atoms with Gasteiger partial charge in [0.15, 0.2) is 0 Å². The molecule has 13 heavy (non-hydrogen) atoms. The molecule has 0 bridgehead atoms. The number of halogens is 1. The summed E-state index contributed by atoms with van der Waals surface area (Å²) in [6.45, 7) is 0.545. The molecule has 1 fully saturated rings. The fourth-order valence-electron chi connectivity index (χ4n) is 1.30. The highest BCUT2D eigenvalue weighted by atomic mass is 19.1. The van der Waals surface area contributed by atoms with E-state index in [-0.39, 0.29) is 5.82 Å². The van der Waals surface area contributed by atoms with Crippen molar-refractivity contribution >= 4 is 5.69 Å². The van der Waals surface area contributed by atoms with Crippen LogP contribution in [0.15, 0.2) is 18.2 Å². The van der Waals surface area contributed by atoms with E-state index in [4.69, 9.17) is 5.73 Å². The summed E-state index contributed by atoms with van der Waals surface area (Å²) in [5, 5.41) is 3.23. The van der Waals surface area contributed by atoms with Crippen LogP contribution in [0.25, 0.3) is 0 Å². The minimum absolute atomic E-state index is 0.215. The van der Waals surface area contributed by atoms with E-state index < -0.39 is 0 Å². The van der Waals surface area contributed by atoms with Crippen LogP contribution in [0, 0.1) is 5.82 Å². The van der Waals surface area contributed by atoms with Crippen LogP contribution in [0.4, 0.5) is 10.1 Å². The Kier molecular flexibility index (Phi) is 2.19. The molecule has 1 aromatic rings. The third kappa shape index (κ3) is 1.98. The molecule has 0 amide bonds. The second-order valence-corrected chi connectivity index (χ2v) is 3.46. The molecule has 0 spiro atoms. The highest BCUT2D eigenvalue weighted by Gasteiger charge is 2.20. The van der Waals surface area contributed by atoms with Crippen LogP contribution in [0.1, 0.15) is 18.4 Å². The maximum atomic E-state index is 13.2. The molecular weight excluding hydrogens is 167 g/mol. The standard InChI is InChI=1S/C10H13FN2/c11-9-2-1-3-10(12)8(9)6-13-7-4-5-7/h1-3,7,13H,4-6,12H2. The third-order valence-electron chi connectivity index (χ3n) is 2.30. The highest BCUT2D eigenvalue weighted by molar-refractivity contribution is 5.47. The number of nitrogens with one attached hydrogen (secondary N) is 1. The Morgan fingerprint density at radius 1 is 1.46 bits per heavy atom. The molecule has 0 radical (unpaired) electrons. The molecule has 1 aliphatic rings. The smallest absolute Gasteiger partial charge is 0.129 e. The van der Waals surface area contributed by atoms with Crippen molar-refractivity contribution in [2.24, 2.45) is 0 Å². The Morgan fingerprint density at radius 2 is 2.23 bits per heavy atom. The summed E-state index contributed by atoms with van der Waals surface area (Å²) in [5.74, 6) is -0.215. The van der Waals surface area contributed by atoms with Crippen LogP contribution in [0.2, 0.25) is 0 Å². The summed E-state index contributed by atoms with van der Waals surface area (Å²) < 4.78 is 13.2. The molecule has 0 aliphatic heterocycles. The first kappa shape index (κ1) is 8.51. The molecule has 1 aromatic carbocycles. The van der Waals surface area contributed by atoms with Gasteiger partial charge in [-0.2, -0.15) is 0 Å². The van der Waals surface area contributed by atoms with Gasteiger partial charge < -0.3 is 11.1 Å². The minimum Gasteiger partial charge on any atom is -0.398 e. The van der Waals surface area contributed by atoms with Crippen LogP contribution in [-0.2, 0) is 6.54 Å². The molecule has 3 N–H and O–H groups in total. The van der Waals surface area contributed by atoms with E-state index in [0.29, 0.717) is 23.8 Å². The third-order valence-corrected chi connectivity index (χ3v) is 2.30. The monoisotopic (exact) mass is 180 g/mol. The zero-order valence-corrected chi connectivity index (χ0v) is 7.39. The Balaban J connectivity index is 2.07. The lowest BCUT2D eigenvalue weighted by Crippen LogP contribution is -2.17. The number of benzene rings is 1. The fraction of sp³-hybridized carbons (Fsp3) is 0.400. The molecule has 3 heteroatoms. The molecular formula is C10H13FN2. The molecule has 0 unspecified atom stereocenters. The predicted molar refractivity (Wildman–Crippen MR) is 50.7 cm³/mol. The molecule has 2 nitrogen and oxygen atoms in total. The van der Waals surface area contributed by atoms with E-state index in [1.807, 2.05) is 0 Å². The van der Waals surface area contributed by atoms with Crippen LogP contribution in [0.5, 0.6) is 0 Å². The van der Waals surface area contributed by atoms with Crippen molar-refractivity contribution in [3.05, 3.63) is 29.6 Å². The van der Waals surface area contributed by atoms with E-state index >= 15 is 0 Å². The minimum atomic E-state index is -0.215. The number of hydrogen-bond acceptors (Lipinski definition) is 2. The molecule has 2 rings (SSSR count). The normalized spacial score (nSPS) is 16.1. The quantitative estimate of drug-likeness (QED) is 0.694. The number of hydrogen-bond donors (Lipinski definition) is 2. The summed E-state index contributed by atoms with van der Waals surface area (Å²) >= 11 is 0. The van der Waals surface area contributed by atoms with Crippen LogP contribution in [0.3, 0.4) is 0 Å². The van der Waals surface area contributed by atoms with Crippen molar-refractivity contribution in [2.75, 3.05) is 5.73 Å². The predicted octanol–water partition coefficient (Wildman–Crippen LogP) is 1.66. The lowest BCUT2D eigenvalue weighted by Gasteiger charge is -2.07. The van der Waals surface area contributed by atoms with E-state index in [2.05, 4.69) is 5.32 Å². The molecule has 0 saturated heterocycles. The van der Waals surface area contributed by atoms with Gasteiger partial charge in [-0.05, 0) is 25.0 Å². The van der Waals surface area contributed by atoms with Crippen LogP contribution in [-0.4, -0.2) is 6.04 Å². The summed E-state index contributed by atoms with van der Waals surface area (Å²) in [6, 6.07) is 5.39. The number of nitrogens with two attached hydrogens (primary N) is 1. The fourth-order valence-corrected chi connectivity index (χ4v) is 1.30. The highest BCUT2D eigenvalue weighted by Crippen LogP contribution is 2.21. The van der Waals surface area contributed by atoms with Crippen molar-refractivity contribution in [2.45, 2.75) is 25.4 Å². The summed E-state index contributed by atoms with van der Waals surface area (Å²) in [4.78, 5) is 0. The van der Waals surface area contributed by atoms with Gasteiger partial charge in [-0.25, -0.2) is 4.39 Å². The van der Waals surface area contributed by atoms with E-state index in [1.54, 1.807) is 12.1 Å². The number of anilines is 1. The van der Waals surface area contributed by atoms with E-state index in [1.165, 1.54) is 18.9 Å². The number of rotatable bonds is 3. The maximum Gasteiger partial charge on any atom is 0.129 e. The first-order valence-corrected chi connectivity index (χ1v) is 4.53. The molecule has 0 heterocycles. The Bertz CT molecular complexity index is 288. The molecule has 0 atom stereocenters. The zero-order valence-electron chi connectivity index (χ0n) is 7.39. The maximum absolute atomic E-state index is 13.2. The first-order valence-electron chi connectivity index (χ1n) is 4.53. The average molecular weight is 180 g/mol. The van der Waals surface area contributed by atoms with E-state index in [0.717, 1.165) is 0 Å². The van der Waals surface area contributed by atoms with Gasteiger partial charge in [0.1, 0.15) is 5.82 Å². The Hall–Kier alpha value is -1.09. The van der Waals surface area contributed by atoms with Crippen molar-refractivity contribution in [3.8, 4) is 0 Å².